The van der Waals surface area contributed by atoms with E-state index in [1.807, 2.05) is 18.2 Å². The molecule has 6 heteroatoms. The molecule has 30 heavy (non-hydrogen) atoms. The van der Waals surface area contributed by atoms with Crippen molar-refractivity contribution in [1.82, 2.24) is 15.5 Å². The Morgan fingerprint density at radius 3 is 2.83 bits per heavy atom. The molecule has 2 N–H and O–H groups in total. The Bertz CT molecular complexity index is 822. The van der Waals surface area contributed by atoms with Crippen LogP contribution in [0.25, 0.3) is 0 Å². The maximum Gasteiger partial charge on any atom is 0.255 e. The van der Waals surface area contributed by atoms with Gasteiger partial charge in [0.15, 0.2) is 0 Å². The molecule has 6 nitrogen and oxygen atoms in total. The SMILES string of the molecule is C=C1CCC(N2Cc3cc(O[C@@H]4CCCCC[C@@H]4NCCC)ccc3C2=O)C(=O)N1. The Kier molecular flexibility index (Phi) is 6.42. The van der Waals surface area contributed by atoms with Crippen LogP contribution in [0.1, 0.15) is 74.2 Å². The number of ether oxygens (including phenoxy) is 1. The first-order valence-corrected chi connectivity index (χ1v) is 11.4. The average Bonchev–Trinajstić information content (AvgIpc) is 2.89. The summed E-state index contributed by atoms with van der Waals surface area (Å²) < 4.78 is 6.44. The Labute approximate surface area is 179 Å². The van der Waals surface area contributed by atoms with Gasteiger partial charge in [-0.1, -0.05) is 26.3 Å². The zero-order valence-electron chi connectivity index (χ0n) is 17.9. The number of nitrogens with zero attached hydrogens (tertiary/aromatic N) is 1. The van der Waals surface area contributed by atoms with Crippen molar-refractivity contribution in [2.24, 2.45) is 0 Å². The van der Waals surface area contributed by atoms with Gasteiger partial charge < -0.3 is 20.3 Å². The van der Waals surface area contributed by atoms with Crippen molar-refractivity contribution in [3.05, 3.63) is 41.6 Å². The number of piperidine rings is 1. The lowest BCUT2D eigenvalue weighted by Gasteiger charge is -2.30. The molecular weight excluding hydrogens is 378 g/mol. The number of nitrogens with one attached hydrogen (secondary N) is 2. The highest BCUT2D eigenvalue weighted by Crippen LogP contribution is 2.32. The van der Waals surface area contributed by atoms with Crippen molar-refractivity contribution in [2.75, 3.05) is 6.54 Å². The highest BCUT2D eigenvalue weighted by molar-refractivity contribution is 6.01. The van der Waals surface area contributed by atoms with E-state index in [-0.39, 0.29) is 17.9 Å². The maximum atomic E-state index is 12.9. The molecule has 1 saturated carbocycles. The fourth-order valence-corrected chi connectivity index (χ4v) is 4.86. The van der Waals surface area contributed by atoms with Crippen LogP contribution in [-0.4, -0.2) is 41.4 Å². The van der Waals surface area contributed by atoms with E-state index in [9.17, 15) is 9.59 Å². The second kappa shape index (κ2) is 9.21. The molecule has 1 unspecified atom stereocenters. The third kappa shape index (κ3) is 4.38. The Balaban J connectivity index is 1.47. The van der Waals surface area contributed by atoms with E-state index in [1.54, 1.807) is 4.90 Å². The molecule has 0 spiro atoms. The third-order valence-corrected chi connectivity index (χ3v) is 6.50. The van der Waals surface area contributed by atoms with Gasteiger partial charge in [0.2, 0.25) is 5.91 Å². The molecule has 1 saturated heterocycles. The zero-order valence-corrected chi connectivity index (χ0v) is 17.9. The van der Waals surface area contributed by atoms with E-state index in [0.29, 0.717) is 31.0 Å². The lowest BCUT2D eigenvalue weighted by Crippen LogP contribution is -2.49. The first kappa shape index (κ1) is 20.9. The summed E-state index contributed by atoms with van der Waals surface area (Å²) in [5, 5.41) is 6.45. The smallest absolute Gasteiger partial charge is 0.255 e. The van der Waals surface area contributed by atoms with E-state index in [2.05, 4.69) is 24.1 Å². The van der Waals surface area contributed by atoms with Gasteiger partial charge in [-0.15, -0.1) is 0 Å². The van der Waals surface area contributed by atoms with E-state index >= 15 is 0 Å². The van der Waals surface area contributed by atoms with Gasteiger partial charge >= 0.3 is 0 Å². The first-order chi connectivity index (χ1) is 14.6. The summed E-state index contributed by atoms with van der Waals surface area (Å²) in [6.07, 6.45) is 8.48. The summed E-state index contributed by atoms with van der Waals surface area (Å²) >= 11 is 0. The molecule has 0 radical (unpaired) electrons. The molecule has 3 aliphatic rings. The van der Waals surface area contributed by atoms with Crippen LogP contribution in [0.4, 0.5) is 0 Å². The normalized spacial score (nSPS) is 26.9. The maximum absolute atomic E-state index is 12.9. The fraction of sp³-hybridized carbons (Fsp3) is 0.583. The van der Waals surface area contributed by atoms with Crippen LogP contribution >= 0.6 is 0 Å². The van der Waals surface area contributed by atoms with Crippen LogP contribution in [-0.2, 0) is 11.3 Å². The van der Waals surface area contributed by atoms with E-state index in [0.717, 1.165) is 42.8 Å². The number of amides is 2. The minimum absolute atomic E-state index is 0.0684. The van der Waals surface area contributed by atoms with Gasteiger partial charge in [0.05, 0.1) is 0 Å². The van der Waals surface area contributed by atoms with Crippen molar-refractivity contribution in [3.8, 4) is 5.75 Å². The number of carbonyl (C=O) groups is 2. The molecule has 2 fully saturated rings. The summed E-state index contributed by atoms with van der Waals surface area (Å²) in [5.41, 5.74) is 2.35. The van der Waals surface area contributed by atoms with Gasteiger partial charge in [-0.3, -0.25) is 9.59 Å². The monoisotopic (exact) mass is 411 g/mol. The van der Waals surface area contributed by atoms with Gasteiger partial charge in [-0.25, -0.2) is 0 Å². The van der Waals surface area contributed by atoms with Gasteiger partial charge in [0.25, 0.3) is 5.91 Å². The highest BCUT2D eigenvalue weighted by atomic mass is 16.5. The van der Waals surface area contributed by atoms with Crippen LogP contribution in [0, 0.1) is 0 Å². The quantitative estimate of drug-likeness (QED) is 0.703. The number of fused-ring (bicyclic) bond motifs is 1. The van der Waals surface area contributed by atoms with E-state index in [1.165, 1.54) is 19.3 Å². The number of carbonyl (C=O) groups excluding carboxylic acids is 2. The van der Waals surface area contributed by atoms with E-state index < -0.39 is 6.04 Å². The van der Waals surface area contributed by atoms with Crippen molar-refractivity contribution >= 4 is 11.8 Å². The highest BCUT2D eigenvalue weighted by Gasteiger charge is 2.38. The fourth-order valence-electron chi connectivity index (χ4n) is 4.86. The Hall–Kier alpha value is -2.34. The Morgan fingerprint density at radius 2 is 2.03 bits per heavy atom. The van der Waals surface area contributed by atoms with Crippen molar-refractivity contribution in [3.63, 3.8) is 0 Å². The molecule has 0 aromatic heterocycles. The third-order valence-electron chi connectivity index (χ3n) is 6.50. The molecule has 1 aliphatic carbocycles. The predicted molar refractivity (Wildman–Crippen MR) is 116 cm³/mol. The van der Waals surface area contributed by atoms with Crippen LogP contribution in [0.3, 0.4) is 0 Å². The van der Waals surface area contributed by atoms with Gasteiger partial charge in [-0.05, 0) is 68.8 Å². The minimum Gasteiger partial charge on any atom is -0.489 e. The summed E-state index contributed by atoms with van der Waals surface area (Å²) in [7, 11) is 0. The van der Waals surface area contributed by atoms with Crippen molar-refractivity contribution in [2.45, 2.75) is 83.0 Å². The summed E-state index contributed by atoms with van der Waals surface area (Å²) in [6.45, 7) is 7.48. The zero-order chi connectivity index (χ0) is 21.1. The molecule has 4 rings (SSSR count). The second-order valence-corrected chi connectivity index (χ2v) is 8.75. The average molecular weight is 412 g/mol. The predicted octanol–water partition coefficient (Wildman–Crippen LogP) is 3.51. The van der Waals surface area contributed by atoms with Gasteiger partial charge in [0.1, 0.15) is 17.9 Å². The number of rotatable bonds is 6. The molecule has 1 aromatic carbocycles. The largest absolute Gasteiger partial charge is 0.489 e. The molecule has 2 aliphatic heterocycles. The minimum atomic E-state index is -0.427. The number of allylic oxidation sites excluding steroid dienone is 1. The van der Waals surface area contributed by atoms with Crippen molar-refractivity contribution < 1.29 is 14.3 Å². The van der Waals surface area contributed by atoms with Gasteiger partial charge in [-0.2, -0.15) is 0 Å². The summed E-state index contributed by atoms with van der Waals surface area (Å²) in [6, 6.07) is 5.71. The number of hydrogen-bond acceptors (Lipinski definition) is 4. The lowest BCUT2D eigenvalue weighted by atomic mass is 10.0. The van der Waals surface area contributed by atoms with Crippen LogP contribution in [0.15, 0.2) is 30.5 Å². The second-order valence-electron chi connectivity index (χ2n) is 8.75. The van der Waals surface area contributed by atoms with E-state index in [4.69, 9.17) is 4.74 Å². The molecule has 162 valence electrons. The molecule has 1 aromatic rings. The lowest BCUT2D eigenvalue weighted by molar-refractivity contribution is -0.126. The number of benzene rings is 1. The summed E-state index contributed by atoms with van der Waals surface area (Å²) in [5.74, 6) is 0.619. The molecular formula is C24H33N3O3. The van der Waals surface area contributed by atoms with Gasteiger partial charge in [0, 0.05) is 23.8 Å². The van der Waals surface area contributed by atoms with Crippen LogP contribution in [0.2, 0.25) is 0 Å². The Morgan fingerprint density at radius 1 is 1.20 bits per heavy atom. The molecule has 3 atom stereocenters. The topological polar surface area (TPSA) is 70.7 Å². The first-order valence-electron chi connectivity index (χ1n) is 11.4. The number of hydrogen-bond donors (Lipinski definition) is 2. The molecule has 0 bridgehead atoms. The summed E-state index contributed by atoms with van der Waals surface area (Å²) in [4.78, 5) is 27.0. The van der Waals surface area contributed by atoms with Crippen molar-refractivity contribution in [1.29, 1.82) is 0 Å². The standard InChI is InChI=1S/C24H33N3O3/c1-3-13-25-20-7-5-4-6-8-22(20)30-18-10-11-19-17(14-18)15-27(24(19)29)21-12-9-16(2)26-23(21)28/h10-11,14,20-22,25H,2-9,12-13,15H2,1H3,(H,26,28)/t20-,21?,22+/m0/s1. The molecule has 2 amide bonds. The van der Waals surface area contributed by atoms with Crippen LogP contribution < -0.4 is 15.4 Å². The molecule has 2 heterocycles. The van der Waals surface area contributed by atoms with Crippen LogP contribution in [0.5, 0.6) is 5.75 Å².